The normalized spacial score (nSPS) is 19.8. The number of carbonyl (C=O) groups is 1. The maximum Gasteiger partial charge on any atom is 0.264 e. The van der Waals surface area contributed by atoms with Crippen LogP contribution in [0.4, 0.5) is 4.39 Å². The Hall–Kier alpha value is -1.49. The third kappa shape index (κ3) is 4.82. The Balaban J connectivity index is 1.75. The second-order valence-corrected chi connectivity index (χ2v) is 10.7. The van der Waals surface area contributed by atoms with Crippen LogP contribution >= 0.6 is 15.9 Å². The van der Waals surface area contributed by atoms with Gasteiger partial charge in [0.05, 0.1) is 9.99 Å². The number of halogens is 2. The van der Waals surface area contributed by atoms with E-state index in [0.717, 1.165) is 24.5 Å². The Morgan fingerprint density at radius 2 is 2.21 bits per heavy atom. The molecular weight excluding hydrogens is 467 g/mol. The summed E-state index contributed by atoms with van der Waals surface area (Å²) < 4.78 is 44.6. The molecule has 1 aliphatic rings. The first-order valence-corrected chi connectivity index (χ1v) is 12.0. The highest BCUT2D eigenvalue weighted by molar-refractivity contribution is 9.10. The predicted molar refractivity (Wildman–Crippen MR) is 110 cm³/mol. The van der Waals surface area contributed by atoms with Crippen LogP contribution in [-0.2, 0) is 30.8 Å². The van der Waals surface area contributed by atoms with Crippen molar-refractivity contribution >= 4 is 42.6 Å². The number of carbonyl (C=O) groups excluding carboxylic acids is 1. The molecule has 1 aromatic heterocycles. The zero-order chi connectivity index (χ0) is 21.2. The molecule has 29 heavy (non-hydrogen) atoms. The molecule has 2 aromatic rings. The standard InChI is InChI=1S/C19H24BrFN2O5S/c1-19(29(2,25)26,18(24)22-28-17-5-3-4-10-27-17)7-9-23-8-6-13-11-14(20)15(21)12-16(13)23/h6,8,11-12,17H,3-5,7,9-10H2,1-2H3,(H,22,24). The Morgan fingerprint density at radius 1 is 1.45 bits per heavy atom. The van der Waals surface area contributed by atoms with Crippen LogP contribution in [0.5, 0.6) is 0 Å². The van der Waals surface area contributed by atoms with Gasteiger partial charge in [0.25, 0.3) is 5.91 Å². The number of fused-ring (bicyclic) bond motifs is 1. The molecule has 1 fully saturated rings. The molecule has 10 heteroatoms. The third-order valence-corrected chi connectivity index (χ3v) is 8.00. The molecule has 0 saturated carbocycles. The lowest BCUT2D eigenvalue weighted by Crippen LogP contribution is -2.51. The van der Waals surface area contributed by atoms with Crippen molar-refractivity contribution in [3.8, 4) is 0 Å². The summed E-state index contributed by atoms with van der Waals surface area (Å²) in [7, 11) is -3.77. The van der Waals surface area contributed by atoms with Crippen molar-refractivity contribution in [2.45, 2.75) is 50.2 Å². The molecule has 0 bridgehead atoms. The fourth-order valence-corrected chi connectivity index (χ4v) is 4.41. The molecule has 7 nitrogen and oxygen atoms in total. The van der Waals surface area contributed by atoms with Crippen molar-refractivity contribution in [3.05, 3.63) is 34.7 Å². The monoisotopic (exact) mass is 490 g/mol. The minimum absolute atomic E-state index is 0.00594. The number of nitrogens with zero attached hydrogens (tertiary/aromatic N) is 1. The van der Waals surface area contributed by atoms with Crippen molar-refractivity contribution in [1.82, 2.24) is 10.0 Å². The molecule has 1 amide bonds. The van der Waals surface area contributed by atoms with Crippen molar-refractivity contribution in [3.63, 3.8) is 0 Å². The van der Waals surface area contributed by atoms with Crippen LogP contribution in [0.3, 0.4) is 0 Å². The Labute approximate surface area is 177 Å². The maximum absolute atomic E-state index is 13.9. The quantitative estimate of drug-likeness (QED) is 0.601. The number of hydrogen-bond acceptors (Lipinski definition) is 5. The summed E-state index contributed by atoms with van der Waals surface area (Å²) >= 11 is 3.15. The number of amides is 1. The molecule has 1 aliphatic heterocycles. The number of hydrogen-bond donors (Lipinski definition) is 1. The van der Waals surface area contributed by atoms with Crippen LogP contribution in [-0.4, -0.2) is 42.8 Å². The number of benzene rings is 1. The number of sulfone groups is 1. The topological polar surface area (TPSA) is 86.6 Å². The van der Waals surface area contributed by atoms with Crippen LogP contribution in [0.25, 0.3) is 10.9 Å². The molecule has 0 radical (unpaired) electrons. The highest BCUT2D eigenvalue weighted by Crippen LogP contribution is 2.27. The van der Waals surface area contributed by atoms with E-state index >= 15 is 0 Å². The summed E-state index contributed by atoms with van der Waals surface area (Å²) in [6.45, 7) is 2.12. The average Bonchev–Trinajstić information content (AvgIpc) is 3.06. The van der Waals surface area contributed by atoms with Crippen LogP contribution in [0, 0.1) is 5.82 Å². The second kappa shape index (κ2) is 8.71. The lowest BCUT2D eigenvalue weighted by Gasteiger charge is -2.28. The van der Waals surface area contributed by atoms with Gasteiger partial charge in [-0.3, -0.25) is 4.79 Å². The van der Waals surface area contributed by atoms with Crippen LogP contribution in [0.15, 0.2) is 28.9 Å². The maximum atomic E-state index is 13.9. The van der Waals surface area contributed by atoms with Crippen LogP contribution in [0.1, 0.15) is 32.6 Å². The molecular formula is C19H24BrFN2O5S. The molecule has 2 atom stereocenters. The zero-order valence-electron chi connectivity index (χ0n) is 16.3. The molecule has 1 aromatic carbocycles. The van der Waals surface area contributed by atoms with Gasteiger partial charge in [0.1, 0.15) is 5.82 Å². The summed E-state index contributed by atoms with van der Waals surface area (Å²) in [6.07, 6.45) is 4.65. The largest absolute Gasteiger partial charge is 0.350 e. The van der Waals surface area contributed by atoms with Gasteiger partial charge >= 0.3 is 0 Å². The number of hydroxylamine groups is 1. The fraction of sp³-hybridized carbons (Fsp3) is 0.526. The minimum atomic E-state index is -3.77. The van der Waals surface area contributed by atoms with E-state index in [1.165, 1.54) is 13.0 Å². The van der Waals surface area contributed by atoms with Crippen LogP contribution in [0.2, 0.25) is 0 Å². The van der Waals surface area contributed by atoms with E-state index < -0.39 is 32.6 Å². The number of aromatic nitrogens is 1. The SMILES string of the molecule is CC(CCn1ccc2cc(Br)c(F)cc21)(C(=O)NOC1CCCCO1)S(C)(=O)=O. The minimum Gasteiger partial charge on any atom is -0.350 e. The van der Waals surface area contributed by atoms with Gasteiger partial charge in [-0.1, -0.05) is 0 Å². The van der Waals surface area contributed by atoms with Gasteiger partial charge in [0, 0.05) is 37.4 Å². The lowest BCUT2D eigenvalue weighted by molar-refractivity contribution is -0.201. The van der Waals surface area contributed by atoms with E-state index in [4.69, 9.17) is 9.57 Å². The van der Waals surface area contributed by atoms with Gasteiger partial charge in [-0.05, 0) is 60.3 Å². The van der Waals surface area contributed by atoms with Gasteiger partial charge < -0.3 is 9.30 Å². The van der Waals surface area contributed by atoms with Gasteiger partial charge in [0.15, 0.2) is 20.9 Å². The Morgan fingerprint density at radius 3 is 2.86 bits per heavy atom. The van der Waals surface area contributed by atoms with E-state index in [2.05, 4.69) is 21.4 Å². The van der Waals surface area contributed by atoms with Crippen molar-refractivity contribution in [2.24, 2.45) is 0 Å². The van der Waals surface area contributed by atoms with Crippen molar-refractivity contribution < 1.29 is 27.2 Å². The van der Waals surface area contributed by atoms with E-state index in [0.29, 0.717) is 23.0 Å². The van der Waals surface area contributed by atoms with E-state index in [1.807, 2.05) is 0 Å². The first kappa shape index (κ1) is 22.2. The smallest absolute Gasteiger partial charge is 0.264 e. The fourth-order valence-electron chi connectivity index (χ4n) is 3.21. The summed E-state index contributed by atoms with van der Waals surface area (Å²) in [4.78, 5) is 18.0. The predicted octanol–water partition coefficient (Wildman–Crippen LogP) is 3.31. The van der Waals surface area contributed by atoms with E-state index in [9.17, 15) is 17.6 Å². The number of rotatable bonds is 7. The first-order chi connectivity index (χ1) is 13.6. The molecule has 1 saturated heterocycles. The summed E-state index contributed by atoms with van der Waals surface area (Å²) in [6, 6.07) is 4.84. The van der Waals surface area contributed by atoms with Crippen LogP contribution < -0.4 is 5.48 Å². The molecule has 0 spiro atoms. The van der Waals surface area contributed by atoms with Gasteiger partial charge in [-0.25, -0.2) is 23.1 Å². The van der Waals surface area contributed by atoms with E-state index in [-0.39, 0.29) is 13.0 Å². The molecule has 2 heterocycles. The Bertz CT molecular complexity index is 1000. The summed E-state index contributed by atoms with van der Waals surface area (Å²) in [5.41, 5.74) is 2.88. The molecule has 2 unspecified atom stereocenters. The lowest BCUT2D eigenvalue weighted by atomic mass is 10.1. The number of ether oxygens (including phenoxy) is 1. The second-order valence-electron chi connectivity index (χ2n) is 7.43. The van der Waals surface area contributed by atoms with Gasteiger partial charge in [-0.15, -0.1) is 0 Å². The summed E-state index contributed by atoms with van der Waals surface area (Å²) in [5.74, 6) is -1.17. The van der Waals surface area contributed by atoms with Crippen molar-refractivity contribution in [2.75, 3.05) is 12.9 Å². The first-order valence-electron chi connectivity index (χ1n) is 9.33. The zero-order valence-corrected chi connectivity index (χ0v) is 18.7. The highest BCUT2D eigenvalue weighted by atomic mass is 79.9. The molecule has 160 valence electrons. The number of nitrogens with one attached hydrogen (secondary N) is 1. The molecule has 1 N–H and O–H groups in total. The summed E-state index contributed by atoms with van der Waals surface area (Å²) in [5, 5.41) is 0.807. The number of aryl methyl sites for hydroxylation is 1. The van der Waals surface area contributed by atoms with Gasteiger partial charge in [0.2, 0.25) is 0 Å². The molecule has 0 aliphatic carbocycles. The third-order valence-electron chi connectivity index (χ3n) is 5.36. The van der Waals surface area contributed by atoms with Gasteiger partial charge in [-0.2, -0.15) is 0 Å². The molecule has 3 rings (SSSR count). The highest BCUT2D eigenvalue weighted by Gasteiger charge is 2.44. The average molecular weight is 491 g/mol. The Kier molecular flexibility index (Phi) is 6.67. The van der Waals surface area contributed by atoms with Crippen molar-refractivity contribution in [1.29, 1.82) is 0 Å². The van der Waals surface area contributed by atoms with E-state index in [1.54, 1.807) is 22.9 Å².